The fraction of sp³-hybridized carbons (Fsp3) is 0.375. The molecule has 2 aromatic heterocycles. The molecule has 1 saturated carbocycles. The minimum absolute atomic E-state index is 0.0115. The maximum Gasteiger partial charge on any atom is 0.418 e. The molecule has 274 valence electrons. The predicted octanol–water partition coefficient (Wildman–Crippen LogP) is 7.95. The van der Waals surface area contributed by atoms with Crippen LogP contribution < -0.4 is 20.7 Å². The summed E-state index contributed by atoms with van der Waals surface area (Å²) in [5.41, 5.74) is -2.44. The number of aromatic nitrogens is 3. The van der Waals surface area contributed by atoms with Crippen LogP contribution in [0.25, 0.3) is 11.2 Å². The van der Waals surface area contributed by atoms with Crippen molar-refractivity contribution in [3.8, 4) is 5.88 Å². The monoisotopic (exact) mass is 750 g/mol. The number of halogens is 10. The van der Waals surface area contributed by atoms with Gasteiger partial charge in [0.1, 0.15) is 16.9 Å². The summed E-state index contributed by atoms with van der Waals surface area (Å²) in [6, 6.07) is 6.99. The van der Waals surface area contributed by atoms with E-state index in [-0.39, 0.29) is 65.5 Å². The van der Waals surface area contributed by atoms with Gasteiger partial charge in [-0.05, 0) is 61.6 Å². The lowest BCUT2D eigenvalue weighted by atomic mass is 9.85. The molecule has 1 aliphatic carbocycles. The summed E-state index contributed by atoms with van der Waals surface area (Å²) >= 11 is 5.92. The number of alkyl halides is 8. The summed E-state index contributed by atoms with van der Waals surface area (Å²) in [4.78, 5) is 34.2. The molecule has 1 fully saturated rings. The van der Waals surface area contributed by atoms with E-state index < -0.39 is 77.7 Å². The highest BCUT2D eigenvalue weighted by Crippen LogP contribution is 2.39. The zero-order valence-corrected chi connectivity index (χ0v) is 27.1. The van der Waals surface area contributed by atoms with Gasteiger partial charge in [-0.15, -0.1) is 0 Å². The molecule has 0 saturated heterocycles. The predicted molar refractivity (Wildman–Crippen MR) is 167 cm³/mol. The van der Waals surface area contributed by atoms with Crippen LogP contribution in [0, 0.1) is 11.7 Å². The highest BCUT2D eigenvalue weighted by Gasteiger charge is 2.42. The van der Waals surface area contributed by atoms with E-state index in [9.17, 15) is 49.1 Å². The molecule has 9 nitrogen and oxygen atoms in total. The van der Waals surface area contributed by atoms with Gasteiger partial charge in [-0.3, -0.25) is 14.2 Å². The zero-order valence-electron chi connectivity index (χ0n) is 26.4. The smallest absolute Gasteiger partial charge is 0.418 e. The van der Waals surface area contributed by atoms with E-state index in [0.29, 0.717) is 0 Å². The van der Waals surface area contributed by atoms with Crippen molar-refractivity contribution in [1.29, 1.82) is 0 Å². The van der Waals surface area contributed by atoms with Crippen LogP contribution in [0.2, 0.25) is 5.02 Å². The number of pyridine rings is 1. The van der Waals surface area contributed by atoms with Crippen molar-refractivity contribution in [2.75, 3.05) is 11.9 Å². The number of rotatable bonds is 10. The number of imidazole rings is 1. The van der Waals surface area contributed by atoms with Crippen molar-refractivity contribution in [2.45, 2.75) is 57.0 Å². The molecule has 0 radical (unpaired) electrons. The lowest BCUT2D eigenvalue weighted by Crippen LogP contribution is -2.40. The molecule has 0 atom stereocenters. The molecule has 19 heteroatoms. The Morgan fingerprint density at radius 3 is 2.33 bits per heavy atom. The van der Waals surface area contributed by atoms with Gasteiger partial charge in [0.05, 0.1) is 27.8 Å². The first-order valence-corrected chi connectivity index (χ1v) is 15.7. The molecule has 2 aromatic carbocycles. The summed E-state index contributed by atoms with van der Waals surface area (Å²) in [6.45, 7) is -1.50. The van der Waals surface area contributed by atoms with Gasteiger partial charge in [-0.1, -0.05) is 23.7 Å². The summed E-state index contributed by atoms with van der Waals surface area (Å²) in [5.74, 6) is -4.99. The van der Waals surface area contributed by atoms with Crippen molar-refractivity contribution in [1.82, 2.24) is 25.2 Å². The van der Waals surface area contributed by atoms with E-state index >= 15 is 0 Å². The number of anilines is 2. The Bertz CT molecular complexity index is 1900. The van der Waals surface area contributed by atoms with E-state index in [1.807, 2.05) is 0 Å². The number of hydrogen-bond donors (Lipinski definition) is 3. The average Bonchev–Trinajstić information content (AvgIpc) is 3.34. The Morgan fingerprint density at radius 2 is 1.71 bits per heavy atom. The van der Waals surface area contributed by atoms with E-state index in [2.05, 4.69) is 25.9 Å². The third-order valence-electron chi connectivity index (χ3n) is 8.20. The number of ether oxygens (including phenoxy) is 1. The molecule has 1 aliphatic rings. The lowest BCUT2D eigenvalue weighted by Gasteiger charge is -2.30. The molecule has 51 heavy (non-hydrogen) atoms. The molecule has 0 spiro atoms. The van der Waals surface area contributed by atoms with Crippen LogP contribution >= 0.6 is 11.6 Å². The molecule has 0 aliphatic heterocycles. The maximum atomic E-state index is 14.2. The Hall–Kier alpha value is -4.74. The van der Waals surface area contributed by atoms with Crippen LogP contribution in [-0.4, -0.2) is 51.6 Å². The number of carbonyl (C=O) groups excluding carboxylic acids is 2. The van der Waals surface area contributed by atoms with Crippen LogP contribution in [0.5, 0.6) is 5.88 Å². The molecule has 2 heterocycles. The number of nitrogens with zero attached hydrogens (tertiary/aromatic N) is 3. The number of aryl methyl sites for hydroxylation is 1. The first kappa shape index (κ1) is 37.5. The van der Waals surface area contributed by atoms with Crippen molar-refractivity contribution in [2.24, 2.45) is 13.0 Å². The van der Waals surface area contributed by atoms with Gasteiger partial charge < -0.3 is 20.7 Å². The van der Waals surface area contributed by atoms with Gasteiger partial charge in [0.15, 0.2) is 12.3 Å². The third kappa shape index (κ3) is 8.77. The van der Waals surface area contributed by atoms with Gasteiger partial charge in [0.2, 0.25) is 11.8 Å². The van der Waals surface area contributed by atoms with Gasteiger partial charge in [0.25, 0.3) is 18.2 Å². The Morgan fingerprint density at radius 1 is 1.00 bits per heavy atom. The number of carbonyl (C=O) groups is 2. The number of hydrogen-bond acceptors (Lipinski definition) is 6. The van der Waals surface area contributed by atoms with Gasteiger partial charge >= 0.3 is 12.4 Å². The molecular formula is C32H28ClF9N6O3. The Balaban J connectivity index is 1.42. The Labute approximate surface area is 288 Å². The number of amides is 2. The zero-order chi connectivity index (χ0) is 37.2. The molecule has 5 rings (SSSR count). The van der Waals surface area contributed by atoms with Crippen molar-refractivity contribution in [3.05, 3.63) is 75.6 Å². The van der Waals surface area contributed by atoms with Gasteiger partial charge in [0, 0.05) is 19.6 Å². The summed E-state index contributed by atoms with van der Waals surface area (Å²) in [5, 5.41) is 7.37. The number of benzene rings is 2. The largest absolute Gasteiger partial charge is 0.471 e. The van der Waals surface area contributed by atoms with E-state index in [0.717, 1.165) is 30.3 Å². The first-order valence-electron chi connectivity index (χ1n) is 15.3. The average molecular weight is 751 g/mol. The second kappa shape index (κ2) is 14.9. The summed E-state index contributed by atoms with van der Waals surface area (Å²) < 4.78 is 128. The minimum atomic E-state index is -4.87. The molecular weight excluding hydrogens is 723 g/mol. The quantitative estimate of drug-likeness (QED) is 0.142. The lowest BCUT2D eigenvalue weighted by molar-refractivity contribution is -0.182. The number of fused-ring (bicyclic) bond motifs is 1. The summed E-state index contributed by atoms with van der Waals surface area (Å²) in [7, 11) is 1.34. The molecule has 2 amide bonds. The molecule has 4 aromatic rings. The van der Waals surface area contributed by atoms with Crippen LogP contribution in [0.4, 0.5) is 51.1 Å². The second-order valence-corrected chi connectivity index (χ2v) is 12.1. The van der Waals surface area contributed by atoms with Crippen LogP contribution in [0.3, 0.4) is 0 Å². The number of nitrogens with one attached hydrogen (secondary N) is 3. The minimum Gasteiger partial charge on any atom is -0.471 e. The highest BCUT2D eigenvalue weighted by atomic mass is 35.5. The SMILES string of the molecule is Cn1c(Nc2cc(CNC(=O)c3c(F)cccc3Cl)ccc2C(F)(F)F)nc2cc(C(=O)NC3CCC(C(F)(F)F)CC3)c(OCC(F)F)nc21. The van der Waals surface area contributed by atoms with E-state index in [1.165, 1.54) is 23.7 Å². The topological polar surface area (TPSA) is 110 Å². The molecule has 0 unspecified atom stereocenters. The highest BCUT2D eigenvalue weighted by molar-refractivity contribution is 6.33. The normalized spacial score (nSPS) is 16.7. The van der Waals surface area contributed by atoms with Crippen LogP contribution in [-0.2, 0) is 19.8 Å². The van der Waals surface area contributed by atoms with Gasteiger partial charge in [-0.25, -0.2) is 18.2 Å². The fourth-order valence-electron chi connectivity index (χ4n) is 5.61. The third-order valence-corrected chi connectivity index (χ3v) is 8.52. The maximum absolute atomic E-state index is 14.2. The van der Waals surface area contributed by atoms with Crippen molar-refractivity contribution in [3.63, 3.8) is 0 Å². The second-order valence-electron chi connectivity index (χ2n) is 11.7. The van der Waals surface area contributed by atoms with E-state index in [1.54, 1.807) is 0 Å². The van der Waals surface area contributed by atoms with Crippen LogP contribution in [0.1, 0.15) is 57.5 Å². The van der Waals surface area contributed by atoms with Crippen LogP contribution in [0.15, 0.2) is 42.5 Å². The molecule has 0 bridgehead atoms. The fourth-order valence-corrected chi connectivity index (χ4v) is 5.86. The Kier molecular flexibility index (Phi) is 10.9. The summed E-state index contributed by atoms with van der Waals surface area (Å²) in [6.07, 6.45) is -12.6. The standard InChI is InChI=1S/C32H28ClF9N6O3/c1-48-26-23(12-18(29(47-26)51-14-24(35)36)27(49)44-17-8-6-16(7-9-17)31(37,38)39)46-30(48)45-22-11-15(5-10-19(22)32(40,41)42)13-43-28(50)25-20(33)3-2-4-21(25)34/h2-5,10-12,16-17,24H,6-9,13-14H2,1H3,(H,43,50)(H,44,49)(H,45,46). The van der Waals surface area contributed by atoms with Crippen molar-refractivity contribution >= 4 is 46.2 Å². The van der Waals surface area contributed by atoms with Crippen molar-refractivity contribution < 1.29 is 53.8 Å². The van der Waals surface area contributed by atoms with E-state index in [4.69, 9.17) is 16.3 Å². The first-order chi connectivity index (χ1) is 23.9. The molecule has 3 N–H and O–H groups in total. The van der Waals surface area contributed by atoms with Gasteiger partial charge in [-0.2, -0.15) is 31.3 Å².